The highest BCUT2D eigenvalue weighted by atomic mass is 16.6. The van der Waals surface area contributed by atoms with Crippen molar-refractivity contribution >= 4 is 5.97 Å². The third-order valence-corrected chi connectivity index (χ3v) is 2.95. The topological polar surface area (TPSA) is 39.2 Å². The van der Waals surface area contributed by atoms with E-state index in [0.29, 0.717) is 0 Å². The van der Waals surface area contributed by atoms with E-state index in [1.165, 1.54) is 0 Å². The summed E-state index contributed by atoms with van der Waals surface area (Å²) in [5.41, 5.74) is 1.08. The molecule has 92 valence electrons. The van der Waals surface area contributed by atoms with E-state index in [1.807, 2.05) is 39.8 Å². The van der Waals surface area contributed by atoms with Gasteiger partial charge in [0.2, 0.25) is 0 Å². The van der Waals surface area contributed by atoms with E-state index < -0.39 is 11.0 Å². The van der Waals surface area contributed by atoms with Gasteiger partial charge >= 0.3 is 5.97 Å². The van der Waals surface area contributed by atoms with Crippen LogP contribution in [-0.2, 0) is 14.9 Å². The maximum atomic E-state index is 12.2. The summed E-state index contributed by atoms with van der Waals surface area (Å²) in [6, 6.07) is 3.92. The van der Waals surface area contributed by atoms with Crippen LogP contribution in [0.4, 0.5) is 0 Å². The van der Waals surface area contributed by atoms with Gasteiger partial charge < -0.3 is 4.74 Å². The molecule has 0 aromatic carbocycles. The highest BCUT2D eigenvalue weighted by Gasteiger charge is 2.54. The van der Waals surface area contributed by atoms with Crippen LogP contribution in [0.5, 0.6) is 0 Å². The number of carbonyl (C=O) groups excluding carboxylic acids is 1. The number of aryl methyl sites for hydroxylation is 1. The van der Waals surface area contributed by atoms with Crippen molar-refractivity contribution in [2.24, 2.45) is 0 Å². The van der Waals surface area contributed by atoms with Crippen molar-refractivity contribution in [3.05, 3.63) is 29.6 Å². The first-order valence-electron chi connectivity index (χ1n) is 6.00. The second-order valence-electron chi connectivity index (χ2n) is 5.80. The van der Waals surface area contributed by atoms with E-state index >= 15 is 0 Å². The zero-order chi connectivity index (χ0) is 12.7. The van der Waals surface area contributed by atoms with E-state index in [1.54, 1.807) is 6.20 Å². The van der Waals surface area contributed by atoms with Gasteiger partial charge in [-0.2, -0.15) is 0 Å². The van der Waals surface area contributed by atoms with Gasteiger partial charge in [-0.1, -0.05) is 0 Å². The van der Waals surface area contributed by atoms with Crippen molar-refractivity contribution in [2.75, 3.05) is 0 Å². The lowest BCUT2D eigenvalue weighted by Crippen LogP contribution is -2.32. The average Bonchev–Trinajstić information content (AvgIpc) is 2.95. The molecule has 0 amide bonds. The Morgan fingerprint density at radius 1 is 1.41 bits per heavy atom. The summed E-state index contributed by atoms with van der Waals surface area (Å²) in [7, 11) is 0. The molecule has 0 radical (unpaired) electrons. The minimum atomic E-state index is -0.473. The van der Waals surface area contributed by atoms with Crippen LogP contribution in [0.1, 0.15) is 44.9 Å². The molecular formula is C14H19NO2. The Bertz CT molecular complexity index is 442. The summed E-state index contributed by atoms with van der Waals surface area (Å²) < 4.78 is 5.48. The summed E-state index contributed by atoms with van der Waals surface area (Å²) in [6.45, 7) is 7.69. The van der Waals surface area contributed by atoms with Gasteiger partial charge in [0.05, 0.1) is 5.69 Å². The van der Waals surface area contributed by atoms with E-state index in [9.17, 15) is 4.79 Å². The third kappa shape index (κ3) is 2.48. The number of pyridine rings is 1. The van der Waals surface area contributed by atoms with Crippen LogP contribution in [0, 0.1) is 6.92 Å². The fourth-order valence-electron chi connectivity index (χ4n) is 1.86. The van der Waals surface area contributed by atoms with Crippen LogP contribution in [-0.4, -0.2) is 16.6 Å². The summed E-state index contributed by atoms with van der Waals surface area (Å²) in [4.78, 5) is 16.5. The third-order valence-electron chi connectivity index (χ3n) is 2.95. The number of hydrogen-bond acceptors (Lipinski definition) is 3. The second kappa shape index (κ2) is 3.83. The van der Waals surface area contributed by atoms with Gasteiger partial charge in [-0.25, -0.2) is 0 Å². The predicted molar refractivity (Wildman–Crippen MR) is 65.7 cm³/mol. The molecule has 1 aromatic heterocycles. The van der Waals surface area contributed by atoms with Crippen molar-refractivity contribution in [1.29, 1.82) is 0 Å². The first-order valence-corrected chi connectivity index (χ1v) is 6.00. The lowest BCUT2D eigenvalue weighted by atomic mass is 10.00. The van der Waals surface area contributed by atoms with Gasteiger partial charge in [0, 0.05) is 6.20 Å². The van der Waals surface area contributed by atoms with Crippen LogP contribution in [0.2, 0.25) is 0 Å². The van der Waals surface area contributed by atoms with Crippen molar-refractivity contribution in [3.8, 4) is 0 Å². The molecule has 0 saturated heterocycles. The Kier molecular flexibility index (Phi) is 2.72. The molecule has 1 aromatic rings. The largest absolute Gasteiger partial charge is 0.459 e. The highest BCUT2D eigenvalue weighted by Crippen LogP contribution is 2.49. The Hall–Kier alpha value is -1.38. The molecule has 1 saturated carbocycles. The normalized spacial score (nSPS) is 17.6. The summed E-state index contributed by atoms with van der Waals surface area (Å²) in [5.74, 6) is -0.136. The van der Waals surface area contributed by atoms with Crippen molar-refractivity contribution in [3.63, 3.8) is 0 Å². The Morgan fingerprint density at radius 2 is 2.06 bits per heavy atom. The smallest absolute Gasteiger partial charge is 0.318 e. The molecule has 1 aliphatic carbocycles. The molecule has 2 rings (SSSR count). The minimum absolute atomic E-state index is 0.136. The van der Waals surface area contributed by atoms with E-state index in [4.69, 9.17) is 4.74 Å². The number of ether oxygens (including phenoxy) is 1. The van der Waals surface area contributed by atoms with Crippen molar-refractivity contribution < 1.29 is 9.53 Å². The molecule has 3 heteroatoms. The summed E-state index contributed by atoms with van der Waals surface area (Å²) in [5, 5.41) is 0. The molecule has 0 bridgehead atoms. The van der Waals surface area contributed by atoms with Crippen LogP contribution in [0.25, 0.3) is 0 Å². The standard InChI is InChI=1S/C14H19NO2/c1-10-5-8-15-11(9-10)14(6-7-14)12(16)17-13(2,3)4/h5,8-9H,6-7H2,1-4H3. The SMILES string of the molecule is Cc1ccnc(C2(C(=O)OC(C)(C)C)CC2)c1. The Labute approximate surface area is 102 Å². The molecule has 3 nitrogen and oxygen atoms in total. The molecular weight excluding hydrogens is 214 g/mol. The van der Waals surface area contributed by atoms with E-state index in [-0.39, 0.29) is 5.97 Å². The zero-order valence-electron chi connectivity index (χ0n) is 10.9. The molecule has 0 spiro atoms. The molecule has 17 heavy (non-hydrogen) atoms. The first kappa shape index (κ1) is 12.1. The maximum Gasteiger partial charge on any atom is 0.318 e. The van der Waals surface area contributed by atoms with Crippen molar-refractivity contribution in [2.45, 2.75) is 51.6 Å². The second-order valence-corrected chi connectivity index (χ2v) is 5.80. The first-order chi connectivity index (χ1) is 7.83. The Balaban J connectivity index is 2.23. The Morgan fingerprint density at radius 3 is 2.53 bits per heavy atom. The predicted octanol–water partition coefficient (Wildman–Crippen LogP) is 2.76. The van der Waals surface area contributed by atoms with Gasteiger partial charge in [-0.15, -0.1) is 0 Å². The fraction of sp³-hybridized carbons (Fsp3) is 0.571. The minimum Gasteiger partial charge on any atom is -0.459 e. The van der Waals surface area contributed by atoms with E-state index in [2.05, 4.69) is 4.98 Å². The highest BCUT2D eigenvalue weighted by molar-refractivity contribution is 5.86. The number of rotatable bonds is 2. The molecule has 1 aliphatic rings. The lowest BCUT2D eigenvalue weighted by molar-refractivity contribution is -0.158. The summed E-state index contributed by atoms with van der Waals surface area (Å²) in [6.07, 6.45) is 3.45. The molecule has 0 N–H and O–H groups in total. The van der Waals surface area contributed by atoms with Crippen LogP contribution < -0.4 is 0 Å². The number of hydrogen-bond donors (Lipinski definition) is 0. The quantitative estimate of drug-likeness (QED) is 0.737. The maximum absolute atomic E-state index is 12.2. The van der Waals surface area contributed by atoms with Gasteiger partial charge in [-0.3, -0.25) is 9.78 Å². The van der Waals surface area contributed by atoms with Gasteiger partial charge in [-0.05, 0) is 58.2 Å². The van der Waals surface area contributed by atoms with Crippen LogP contribution >= 0.6 is 0 Å². The number of aromatic nitrogens is 1. The average molecular weight is 233 g/mol. The van der Waals surface area contributed by atoms with Crippen LogP contribution in [0.15, 0.2) is 18.3 Å². The zero-order valence-corrected chi connectivity index (χ0v) is 10.9. The molecule has 0 aliphatic heterocycles. The molecule has 1 fully saturated rings. The number of esters is 1. The number of carbonyl (C=O) groups is 1. The summed E-state index contributed by atoms with van der Waals surface area (Å²) >= 11 is 0. The number of nitrogens with zero attached hydrogens (tertiary/aromatic N) is 1. The monoisotopic (exact) mass is 233 g/mol. The van der Waals surface area contributed by atoms with Gasteiger partial charge in [0.1, 0.15) is 11.0 Å². The van der Waals surface area contributed by atoms with Gasteiger partial charge in [0.25, 0.3) is 0 Å². The van der Waals surface area contributed by atoms with Gasteiger partial charge in [0.15, 0.2) is 0 Å². The van der Waals surface area contributed by atoms with Crippen LogP contribution in [0.3, 0.4) is 0 Å². The molecule has 0 unspecified atom stereocenters. The fourth-order valence-corrected chi connectivity index (χ4v) is 1.86. The van der Waals surface area contributed by atoms with E-state index in [0.717, 1.165) is 24.1 Å². The van der Waals surface area contributed by atoms with Crippen molar-refractivity contribution in [1.82, 2.24) is 4.98 Å². The molecule has 1 heterocycles. The molecule has 0 atom stereocenters. The lowest BCUT2D eigenvalue weighted by Gasteiger charge is -2.23.